The first kappa shape index (κ1) is 21.7. The van der Waals surface area contributed by atoms with Crippen LogP contribution in [0.1, 0.15) is 65.7 Å². The van der Waals surface area contributed by atoms with Crippen molar-refractivity contribution >= 4 is 22.6 Å². The SMILES string of the molecule is CCCCCOC(CC)[C@@H](OCCCCC)Oc1ccc(I)cc1. The monoisotopic (exact) mass is 448 g/mol. The van der Waals surface area contributed by atoms with Gasteiger partial charge in [-0.15, -0.1) is 0 Å². The highest BCUT2D eigenvalue weighted by Crippen LogP contribution is 2.19. The van der Waals surface area contributed by atoms with Gasteiger partial charge in [-0.3, -0.25) is 0 Å². The van der Waals surface area contributed by atoms with Crippen LogP contribution in [0.2, 0.25) is 0 Å². The summed E-state index contributed by atoms with van der Waals surface area (Å²) in [6.45, 7) is 8.03. The molecule has 0 fully saturated rings. The zero-order chi connectivity index (χ0) is 17.6. The minimum atomic E-state index is -0.339. The number of benzene rings is 1. The number of unbranched alkanes of at least 4 members (excludes halogenated alkanes) is 4. The summed E-state index contributed by atoms with van der Waals surface area (Å²) >= 11 is 2.30. The van der Waals surface area contributed by atoms with Crippen LogP contribution in [0.25, 0.3) is 0 Å². The molecular weight excluding hydrogens is 415 g/mol. The standard InChI is InChI=1S/C20H33IO3/c1-4-7-9-15-22-19(6-3)20(23-16-10-8-5-2)24-18-13-11-17(21)12-14-18/h11-14,19-20H,4-10,15-16H2,1-3H3/t19?,20-/m0/s1. The van der Waals surface area contributed by atoms with Gasteiger partial charge in [-0.1, -0.05) is 46.5 Å². The molecule has 1 unspecified atom stereocenters. The maximum Gasteiger partial charge on any atom is 0.226 e. The molecule has 0 radical (unpaired) electrons. The summed E-state index contributed by atoms with van der Waals surface area (Å²) in [6.07, 6.45) is 7.47. The maximum absolute atomic E-state index is 6.11. The maximum atomic E-state index is 6.11. The molecule has 0 aromatic heterocycles. The molecule has 3 nitrogen and oxygen atoms in total. The van der Waals surface area contributed by atoms with Gasteiger partial charge in [-0.25, -0.2) is 0 Å². The van der Waals surface area contributed by atoms with Gasteiger partial charge >= 0.3 is 0 Å². The summed E-state index contributed by atoms with van der Waals surface area (Å²) < 4.78 is 19.4. The highest BCUT2D eigenvalue weighted by Gasteiger charge is 2.23. The van der Waals surface area contributed by atoms with E-state index < -0.39 is 0 Å². The van der Waals surface area contributed by atoms with Crippen LogP contribution >= 0.6 is 22.6 Å². The van der Waals surface area contributed by atoms with Crippen LogP contribution in [0.3, 0.4) is 0 Å². The van der Waals surface area contributed by atoms with Gasteiger partial charge in [0.1, 0.15) is 11.9 Å². The molecule has 0 bridgehead atoms. The normalized spacial score (nSPS) is 13.7. The molecule has 24 heavy (non-hydrogen) atoms. The largest absolute Gasteiger partial charge is 0.462 e. The third kappa shape index (κ3) is 9.23. The first-order chi connectivity index (χ1) is 11.7. The fraction of sp³-hybridized carbons (Fsp3) is 0.700. The average Bonchev–Trinajstić information content (AvgIpc) is 2.60. The van der Waals surface area contributed by atoms with Crippen molar-refractivity contribution in [1.29, 1.82) is 0 Å². The first-order valence-corrected chi connectivity index (χ1v) is 10.4. The summed E-state index contributed by atoms with van der Waals surface area (Å²) in [6, 6.07) is 8.09. The zero-order valence-corrected chi connectivity index (χ0v) is 17.6. The van der Waals surface area contributed by atoms with Gasteiger partial charge in [-0.05, 0) is 66.1 Å². The smallest absolute Gasteiger partial charge is 0.226 e. The van der Waals surface area contributed by atoms with Crippen molar-refractivity contribution in [1.82, 2.24) is 0 Å². The Morgan fingerprint density at radius 3 is 1.96 bits per heavy atom. The summed E-state index contributed by atoms with van der Waals surface area (Å²) in [4.78, 5) is 0. The lowest BCUT2D eigenvalue weighted by molar-refractivity contribution is -0.165. The summed E-state index contributed by atoms with van der Waals surface area (Å²) in [5, 5.41) is 0. The molecule has 0 N–H and O–H groups in total. The molecule has 2 atom stereocenters. The van der Waals surface area contributed by atoms with Crippen LogP contribution in [-0.2, 0) is 9.47 Å². The zero-order valence-electron chi connectivity index (χ0n) is 15.4. The van der Waals surface area contributed by atoms with E-state index in [1.54, 1.807) is 0 Å². The molecule has 0 heterocycles. The van der Waals surface area contributed by atoms with E-state index in [1.807, 2.05) is 24.3 Å². The van der Waals surface area contributed by atoms with Gasteiger partial charge in [0.25, 0.3) is 0 Å². The summed E-state index contributed by atoms with van der Waals surface area (Å²) in [7, 11) is 0. The Morgan fingerprint density at radius 2 is 1.42 bits per heavy atom. The molecule has 138 valence electrons. The van der Waals surface area contributed by atoms with Crippen molar-refractivity contribution in [2.45, 2.75) is 78.1 Å². The molecule has 0 spiro atoms. The van der Waals surface area contributed by atoms with Gasteiger partial charge in [0.2, 0.25) is 6.29 Å². The van der Waals surface area contributed by atoms with Crippen molar-refractivity contribution in [3.8, 4) is 5.75 Å². The Kier molecular flexibility index (Phi) is 12.6. The van der Waals surface area contributed by atoms with Gasteiger partial charge in [0.15, 0.2) is 0 Å². The van der Waals surface area contributed by atoms with Crippen LogP contribution in [0, 0.1) is 3.57 Å². The predicted octanol–water partition coefficient (Wildman–Crippen LogP) is 6.19. The minimum absolute atomic E-state index is 0.0252. The lowest BCUT2D eigenvalue weighted by Crippen LogP contribution is -2.36. The lowest BCUT2D eigenvalue weighted by atomic mass is 10.2. The Morgan fingerprint density at radius 1 is 0.833 bits per heavy atom. The second kappa shape index (κ2) is 13.9. The van der Waals surface area contributed by atoms with Crippen LogP contribution in [0.5, 0.6) is 5.75 Å². The van der Waals surface area contributed by atoms with Gasteiger partial charge in [-0.2, -0.15) is 0 Å². The number of hydrogen-bond acceptors (Lipinski definition) is 3. The van der Waals surface area contributed by atoms with E-state index in [-0.39, 0.29) is 12.4 Å². The Bertz CT molecular complexity index is 408. The van der Waals surface area contributed by atoms with E-state index in [0.29, 0.717) is 0 Å². The van der Waals surface area contributed by atoms with Gasteiger partial charge in [0.05, 0.1) is 6.61 Å². The summed E-state index contributed by atoms with van der Waals surface area (Å²) in [5.41, 5.74) is 0. The van der Waals surface area contributed by atoms with Crippen LogP contribution < -0.4 is 4.74 Å². The quantitative estimate of drug-likeness (QED) is 0.193. The van der Waals surface area contributed by atoms with E-state index in [4.69, 9.17) is 14.2 Å². The molecule has 0 aliphatic carbocycles. The Balaban J connectivity index is 2.60. The molecule has 0 aliphatic rings. The van der Waals surface area contributed by atoms with E-state index in [9.17, 15) is 0 Å². The second-order valence-electron chi connectivity index (χ2n) is 6.04. The predicted molar refractivity (Wildman–Crippen MR) is 109 cm³/mol. The molecule has 1 aromatic carbocycles. The first-order valence-electron chi connectivity index (χ1n) is 9.36. The van der Waals surface area contributed by atoms with Crippen molar-refractivity contribution in [2.75, 3.05) is 13.2 Å². The molecule has 0 saturated carbocycles. The van der Waals surface area contributed by atoms with Crippen LogP contribution in [0.4, 0.5) is 0 Å². The Hall–Kier alpha value is -0.330. The number of ether oxygens (including phenoxy) is 3. The van der Waals surface area contributed by atoms with Crippen LogP contribution in [-0.4, -0.2) is 25.6 Å². The third-order valence-corrected chi connectivity index (χ3v) is 4.60. The van der Waals surface area contributed by atoms with E-state index in [2.05, 4.69) is 43.4 Å². The van der Waals surface area contributed by atoms with Crippen molar-refractivity contribution < 1.29 is 14.2 Å². The number of halogens is 1. The fourth-order valence-electron chi connectivity index (χ4n) is 2.39. The molecular formula is C20H33IO3. The minimum Gasteiger partial charge on any atom is -0.462 e. The average molecular weight is 448 g/mol. The van der Waals surface area contributed by atoms with Crippen LogP contribution in [0.15, 0.2) is 24.3 Å². The number of rotatable bonds is 14. The molecule has 4 heteroatoms. The van der Waals surface area contributed by atoms with E-state index in [1.165, 1.54) is 29.3 Å². The van der Waals surface area contributed by atoms with Crippen molar-refractivity contribution in [2.24, 2.45) is 0 Å². The molecule has 1 aromatic rings. The second-order valence-corrected chi connectivity index (χ2v) is 7.29. The lowest BCUT2D eigenvalue weighted by Gasteiger charge is -2.27. The topological polar surface area (TPSA) is 27.7 Å². The molecule has 1 rings (SSSR count). The van der Waals surface area contributed by atoms with E-state index >= 15 is 0 Å². The third-order valence-electron chi connectivity index (χ3n) is 3.88. The Labute approximate surface area is 161 Å². The van der Waals surface area contributed by atoms with Crippen molar-refractivity contribution in [3.63, 3.8) is 0 Å². The van der Waals surface area contributed by atoms with E-state index in [0.717, 1.165) is 38.2 Å². The molecule has 0 saturated heterocycles. The highest BCUT2D eigenvalue weighted by molar-refractivity contribution is 14.1. The highest BCUT2D eigenvalue weighted by atomic mass is 127. The van der Waals surface area contributed by atoms with Crippen molar-refractivity contribution in [3.05, 3.63) is 27.8 Å². The summed E-state index contributed by atoms with van der Waals surface area (Å²) in [5.74, 6) is 0.839. The van der Waals surface area contributed by atoms with Gasteiger partial charge in [0, 0.05) is 10.2 Å². The molecule has 0 amide bonds. The fourth-order valence-corrected chi connectivity index (χ4v) is 2.75. The van der Waals surface area contributed by atoms with Gasteiger partial charge < -0.3 is 14.2 Å². The number of hydrogen-bond donors (Lipinski definition) is 0. The molecule has 0 aliphatic heterocycles.